The molecule has 2 bridgehead atoms. The predicted molar refractivity (Wildman–Crippen MR) is 67.1 cm³/mol. The summed E-state index contributed by atoms with van der Waals surface area (Å²) in [6.45, 7) is 3.43. The summed E-state index contributed by atoms with van der Waals surface area (Å²) in [5.74, 6) is 0.818. The van der Waals surface area contributed by atoms with Gasteiger partial charge >= 0.3 is 0 Å². The fourth-order valence-corrected chi connectivity index (χ4v) is 3.30. The Balaban J connectivity index is 1.78. The first-order valence-corrected chi connectivity index (χ1v) is 6.36. The summed E-state index contributed by atoms with van der Waals surface area (Å²) in [6, 6.07) is 12.3. The van der Waals surface area contributed by atoms with E-state index in [2.05, 4.69) is 54.3 Å². The first-order chi connectivity index (χ1) is 7.88. The summed E-state index contributed by atoms with van der Waals surface area (Å²) < 4.78 is 0. The maximum Gasteiger partial charge on any atom is 0.0291 e. The van der Waals surface area contributed by atoms with Crippen LogP contribution in [0.1, 0.15) is 25.3 Å². The molecular weight excluding hydrogens is 194 g/mol. The van der Waals surface area contributed by atoms with E-state index in [1.165, 1.54) is 18.4 Å². The third-order valence-electron chi connectivity index (χ3n) is 4.07. The zero-order valence-electron chi connectivity index (χ0n) is 9.84. The summed E-state index contributed by atoms with van der Waals surface area (Å²) in [6.07, 6.45) is 7.46. The highest BCUT2D eigenvalue weighted by atomic mass is 15.2. The average molecular weight is 213 g/mol. The molecule has 0 N–H and O–H groups in total. The number of benzene rings is 1. The number of likely N-dealkylation sites (tertiary alicyclic amines) is 1. The minimum Gasteiger partial charge on any atom is -0.289 e. The quantitative estimate of drug-likeness (QED) is 0.697. The second-order valence-corrected chi connectivity index (χ2v) is 4.99. The first kappa shape index (κ1) is 10.1. The van der Waals surface area contributed by atoms with Gasteiger partial charge in [0.1, 0.15) is 0 Å². The van der Waals surface area contributed by atoms with Crippen molar-refractivity contribution in [2.24, 2.45) is 5.92 Å². The van der Waals surface area contributed by atoms with E-state index in [1.807, 2.05) is 0 Å². The van der Waals surface area contributed by atoms with Crippen LogP contribution in [0.4, 0.5) is 0 Å². The van der Waals surface area contributed by atoms with E-state index < -0.39 is 0 Å². The van der Waals surface area contributed by atoms with Crippen molar-refractivity contribution < 1.29 is 0 Å². The molecule has 0 radical (unpaired) electrons. The number of nitrogens with zero attached hydrogens (tertiary/aromatic N) is 1. The Morgan fingerprint density at radius 1 is 1.19 bits per heavy atom. The first-order valence-electron chi connectivity index (χ1n) is 6.36. The van der Waals surface area contributed by atoms with Crippen LogP contribution in [0.25, 0.3) is 0 Å². The lowest BCUT2D eigenvalue weighted by Gasteiger charge is -2.31. The standard InChI is InChI=1S/C15H19N/c1-2-15-13-8-9-14(10-13)16(15)11-12-6-4-3-5-7-12/h3-9,13-15H,2,10-11H2,1H3/t13-,14+,15+/m0/s1. The molecule has 16 heavy (non-hydrogen) atoms. The molecule has 0 unspecified atom stereocenters. The summed E-state index contributed by atoms with van der Waals surface area (Å²) in [5, 5.41) is 0. The molecule has 0 aromatic heterocycles. The van der Waals surface area contributed by atoms with Gasteiger partial charge in [-0.1, -0.05) is 49.4 Å². The summed E-state index contributed by atoms with van der Waals surface area (Å²) in [4.78, 5) is 2.68. The topological polar surface area (TPSA) is 3.24 Å². The van der Waals surface area contributed by atoms with E-state index in [1.54, 1.807) is 0 Å². The zero-order chi connectivity index (χ0) is 11.0. The van der Waals surface area contributed by atoms with Crippen molar-refractivity contribution in [3.05, 3.63) is 48.0 Å². The van der Waals surface area contributed by atoms with Crippen molar-refractivity contribution in [2.75, 3.05) is 0 Å². The molecule has 3 atom stereocenters. The Morgan fingerprint density at radius 2 is 2.00 bits per heavy atom. The van der Waals surface area contributed by atoms with Gasteiger partial charge < -0.3 is 0 Å². The molecule has 0 saturated carbocycles. The van der Waals surface area contributed by atoms with Gasteiger partial charge in [-0.15, -0.1) is 0 Å². The molecule has 1 fully saturated rings. The highest BCUT2D eigenvalue weighted by molar-refractivity contribution is 5.20. The summed E-state index contributed by atoms with van der Waals surface area (Å²) in [5.41, 5.74) is 1.45. The van der Waals surface area contributed by atoms with E-state index in [4.69, 9.17) is 0 Å². The number of fused-ring (bicyclic) bond motifs is 2. The normalized spacial score (nSPS) is 32.4. The lowest BCUT2D eigenvalue weighted by molar-refractivity contribution is 0.185. The van der Waals surface area contributed by atoms with Crippen molar-refractivity contribution in [3.8, 4) is 0 Å². The summed E-state index contributed by atoms with van der Waals surface area (Å²) in [7, 11) is 0. The van der Waals surface area contributed by atoms with Crippen molar-refractivity contribution in [2.45, 2.75) is 38.4 Å². The third-order valence-corrected chi connectivity index (χ3v) is 4.07. The van der Waals surface area contributed by atoms with Crippen LogP contribution in [0.2, 0.25) is 0 Å². The van der Waals surface area contributed by atoms with Crippen LogP contribution >= 0.6 is 0 Å². The van der Waals surface area contributed by atoms with E-state index >= 15 is 0 Å². The van der Waals surface area contributed by atoms with Crippen molar-refractivity contribution >= 4 is 0 Å². The average Bonchev–Trinajstić information content (AvgIpc) is 2.91. The van der Waals surface area contributed by atoms with E-state index in [0.717, 1.165) is 18.5 Å². The number of rotatable bonds is 3. The van der Waals surface area contributed by atoms with Crippen LogP contribution in [0.15, 0.2) is 42.5 Å². The van der Waals surface area contributed by atoms with Crippen molar-refractivity contribution in [3.63, 3.8) is 0 Å². The van der Waals surface area contributed by atoms with Crippen LogP contribution in [0.5, 0.6) is 0 Å². The third kappa shape index (κ3) is 1.60. The van der Waals surface area contributed by atoms with Gasteiger partial charge in [-0.3, -0.25) is 4.90 Å². The van der Waals surface area contributed by atoms with Gasteiger partial charge in [-0.2, -0.15) is 0 Å². The highest BCUT2D eigenvalue weighted by Crippen LogP contribution is 2.39. The van der Waals surface area contributed by atoms with Gasteiger partial charge in [0.15, 0.2) is 0 Å². The van der Waals surface area contributed by atoms with E-state index in [9.17, 15) is 0 Å². The Bertz CT molecular complexity index is 382. The minimum atomic E-state index is 0.704. The Labute approximate surface area is 97.8 Å². The minimum absolute atomic E-state index is 0.704. The van der Waals surface area contributed by atoms with Gasteiger partial charge in [-0.25, -0.2) is 0 Å². The molecule has 0 spiro atoms. The van der Waals surface area contributed by atoms with Crippen LogP contribution < -0.4 is 0 Å². The molecule has 1 aliphatic heterocycles. The van der Waals surface area contributed by atoms with Crippen molar-refractivity contribution in [1.82, 2.24) is 4.90 Å². The lowest BCUT2D eigenvalue weighted by Crippen LogP contribution is -2.37. The molecule has 3 rings (SSSR count). The Kier molecular flexibility index (Phi) is 2.56. The number of hydrogen-bond acceptors (Lipinski definition) is 1. The zero-order valence-corrected chi connectivity index (χ0v) is 9.84. The number of hydrogen-bond donors (Lipinski definition) is 0. The molecule has 1 aromatic rings. The van der Waals surface area contributed by atoms with Gasteiger partial charge in [0.2, 0.25) is 0 Å². The molecule has 1 saturated heterocycles. The Hall–Kier alpha value is -1.08. The molecule has 1 aliphatic carbocycles. The molecule has 84 valence electrons. The molecule has 1 aromatic carbocycles. The lowest BCUT2D eigenvalue weighted by atomic mass is 9.99. The van der Waals surface area contributed by atoms with Gasteiger partial charge in [-0.05, 0) is 24.3 Å². The summed E-state index contributed by atoms with van der Waals surface area (Å²) >= 11 is 0. The van der Waals surface area contributed by atoms with E-state index in [0.29, 0.717) is 6.04 Å². The fraction of sp³-hybridized carbons (Fsp3) is 0.467. The molecule has 2 aliphatic rings. The van der Waals surface area contributed by atoms with Crippen molar-refractivity contribution in [1.29, 1.82) is 0 Å². The van der Waals surface area contributed by atoms with Crippen LogP contribution in [-0.2, 0) is 6.54 Å². The fourth-order valence-electron chi connectivity index (χ4n) is 3.30. The van der Waals surface area contributed by atoms with Gasteiger partial charge in [0.25, 0.3) is 0 Å². The molecule has 1 nitrogen and oxygen atoms in total. The largest absolute Gasteiger partial charge is 0.289 e. The highest BCUT2D eigenvalue weighted by Gasteiger charge is 2.40. The van der Waals surface area contributed by atoms with Crippen LogP contribution in [-0.4, -0.2) is 17.0 Å². The second-order valence-electron chi connectivity index (χ2n) is 4.99. The molecule has 1 heteroatoms. The SMILES string of the molecule is CC[C@@H]1[C@H]2C=C[C@H](C2)N1Cc1ccccc1. The second kappa shape index (κ2) is 4.06. The smallest absolute Gasteiger partial charge is 0.0291 e. The van der Waals surface area contributed by atoms with E-state index in [-0.39, 0.29) is 0 Å². The van der Waals surface area contributed by atoms with Gasteiger partial charge in [0.05, 0.1) is 0 Å². The molecule has 1 heterocycles. The maximum atomic E-state index is 2.68. The van der Waals surface area contributed by atoms with Gasteiger partial charge in [0, 0.05) is 18.6 Å². The Morgan fingerprint density at radius 3 is 2.75 bits per heavy atom. The molecule has 0 amide bonds. The predicted octanol–water partition coefficient (Wildman–Crippen LogP) is 3.23. The van der Waals surface area contributed by atoms with Crippen LogP contribution in [0, 0.1) is 5.92 Å². The van der Waals surface area contributed by atoms with Crippen LogP contribution in [0.3, 0.4) is 0 Å². The maximum absolute atomic E-state index is 2.68. The monoisotopic (exact) mass is 213 g/mol. The molecular formula is C15H19N.